The van der Waals surface area contributed by atoms with Crippen LogP contribution in [0, 0.1) is 5.82 Å². The molecule has 132 valence electrons. The van der Waals surface area contributed by atoms with Crippen molar-refractivity contribution < 1.29 is 9.13 Å². The fraction of sp³-hybridized carbons (Fsp3) is 0.190. The fourth-order valence-electron chi connectivity index (χ4n) is 3.11. The van der Waals surface area contributed by atoms with Crippen LogP contribution in [0.3, 0.4) is 0 Å². The fourth-order valence-corrected chi connectivity index (χ4v) is 3.28. The Morgan fingerprint density at radius 2 is 1.77 bits per heavy atom. The average Bonchev–Trinajstić information content (AvgIpc) is 2.68. The van der Waals surface area contributed by atoms with E-state index in [1.165, 1.54) is 12.1 Å². The van der Waals surface area contributed by atoms with Crippen LogP contribution < -0.4 is 4.90 Å². The number of hydrogen-bond donors (Lipinski definition) is 0. The monoisotopic (exact) mass is 368 g/mol. The highest BCUT2D eigenvalue weighted by molar-refractivity contribution is 6.31. The van der Waals surface area contributed by atoms with Crippen LogP contribution in [0.5, 0.6) is 0 Å². The van der Waals surface area contributed by atoms with Crippen LogP contribution in [-0.2, 0) is 4.74 Å². The van der Waals surface area contributed by atoms with Gasteiger partial charge in [0.05, 0.1) is 24.4 Å². The summed E-state index contributed by atoms with van der Waals surface area (Å²) < 4.78 is 18.5. The van der Waals surface area contributed by atoms with Gasteiger partial charge >= 0.3 is 0 Å². The lowest BCUT2D eigenvalue weighted by molar-refractivity contribution is 0.123. The quantitative estimate of drug-likeness (QED) is 0.648. The van der Waals surface area contributed by atoms with Gasteiger partial charge in [0.1, 0.15) is 5.82 Å². The number of pyridine rings is 1. The van der Waals surface area contributed by atoms with Crippen LogP contribution in [0.2, 0.25) is 5.02 Å². The second kappa shape index (κ2) is 7.44. The average molecular weight is 369 g/mol. The van der Waals surface area contributed by atoms with Crippen molar-refractivity contribution in [1.29, 1.82) is 0 Å². The first kappa shape index (κ1) is 17.0. The van der Waals surface area contributed by atoms with Crippen molar-refractivity contribution >= 4 is 40.3 Å². The molecule has 1 saturated heterocycles. The molecule has 0 spiro atoms. The number of fused-ring (bicyclic) bond motifs is 1. The summed E-state index contributed by atoms with van der Waals surface area (Å²) in [6, 6.07) is 14.2. The van der Waals surface area contributed by atoms with Crippen molar-refractivity contribution in [3.8, 4) is 0 Å². The van der Waals surface area contributed by atoms with Crippen LogP contribution in [0.15, 0.2) is 48.5 Å². The molecule has 0 aliphatic carbocycles. The summed E-state index contributed by atoms with van der Waals surface area (Å²) in [6.45, 7) is 3.11. The van der Waals surface area contributed by atoms with Crippen LogP contribution >= 0.6 is 11.6 Å². The zero-order chi connectivity index (χ0) is 17.9. The third-order valence-electron chi connectivity index (χ3n) is 4.44. The molecule has 1 aromatic heterocycles. The molecule has 0 N–H and O–H groups in total. The Morgan fingerprint density at radius 3 is 2.54 bits per heavy atom. The van der Waals surface area contributed by atoms with Gasteiger partial charge in [-0.3, -0.25) is 0 Å². The van der Waals surface area contributed by atoms with E-state index in [1.54, 1.807) is 12.1 Å². The lowest BCUT2D eigenvalue weighted by atomic mass is 10.1. The Kier molecular flexibility index (Phi) is 4.87. The lowest BCUT2D eigenvalue weighted by Crippen LogP contribution is -2.36. The minimum Gasteiger partial charge on any atom is -0.378 e. The maximum absolute atomic E-state index is 13.1. The Bertz CT molecular complexity index is 950. The Labute approximate surface area is 156 Å². The number of halogens is 2. The first-order valence-corrected chi connectivity index (χ1v) is 8.93. The van der Waals surface area contributed by atoms with E-state index in [9.17, 15) is 4.39 Å². The van der Waals surface area contributed by atoms with E-state index in [1.807, 2.05) is 30.4 Å². The molecule has 1 fully saturated rings. The largest absolute Gasteiger partial charge is 0.378 e. The van der Waals surface area contributed by atoms with E-state index < -0.39 is 0 Å². The zero-order valence-electron chi connectivity index (χ0n) is 14.2. The molecule has 3 nitrogen and oxygen atoms in total. The van der Waals surface area contributed by atoms with Crippen LogP contribution in [-0.4, -0.2) is 31.3 Å². The minimum absolute atomic E-state index is 0.238. The maximum atomic E-state index is 13.1. The number of rotatable bonds is 3. The standard InChI is InChI=1S/C21H18ClFN2O/c22-16-4-8-20-19(13-16)21(25-9-11-26-12-10-25)14-18(24-20)7-3-15-1-5-17(23)6-2-15/h1-8,13-14H,9-12H2/b7-3+. The summed E-state index contributed by atoms with van der Waals surface area (Å²) in [6.07, 6.45) is 3.89. The van der Waals surface area contributed by atoms with Gasteiger partial charge in [0.2, 0.25) is 0 Å². The minimum atomic E-state index is -0.238. The molecule has 2 aromatic carbocycles. The number of benzene rings is 2. The van der Waals surface area contributed by atoms with Gasteiger partial charge in [-0.2, -0.15) is 0 Å². The van der Waals surface area contributed by atoms with Crippen molar-refractivity contribution in [1.82, 2.24) is 4.98 Å². The molecule has 0 bridgehead atoms. The van der Waals surface area contributed by atoms with Gasteiger partial charge in [0, 0.05) is 29.2 Å². The van der Waals surface area contributed by atoms with Gasteiger partial charge in [-0.05, 0) is 48.0 Å². The topological polar surface area (TPSA) is 25.4 Å². The molecular weight excluding hydrogens is 351 g/mol. The normalized spacial score (nSPS) is 15.1. The van der Waals surface area contributed by atoms with Gasteiger partial charge in [0.15, 0.2) is 0 Å². The molecule has 0 radical (unpaired) electrons. The predicted molar refractivity (Wildman–Crippen MR) is 105 cm³/mol. The SMILES string of the molecule is Fc1ccc(/C=C/c2cc(N3CCOCC3)c3cc(Cl)ccc3n2)cc1. The summed E-state index contributed by atoms with van der Waals surface area (Å²) >= 11 is 6.21. The highest BCUT2D eigenvalue weighted by Gasteiger charge is 2.15. The number of nitrogens with zero attached hydrogens (tertiary/aromatic N) is 2. The highest BCUT2D eigenvalue weighted by Crippen LogP contribution is 2.30. The van der Waals surface area contributed by atoms with E-state index in [-0.39, 0.29) is 5.82 Å². The second-order valence-corrected chi connectivity index (χ2v) is 6.65. The summed E-state index contributed by atoms with van der Waals surface area (Å²) in [4.78, 5) is 7.03. The van der Waals surface area contributed by atoms with E-state index in [0.717, 1.165) is 40.9 Å². The van der Waals surface area contributed by atoms with E-state index in [4.69, 9.17) is 21.3 Å². The van der Waals surface area contributed by atoms with E-state index >= 15 is 0 Å². The summed E-state index contributed by atoms with van der Waals surface area (Å²) in [5.74, 6) is -0.238. The van der Waals surface area contributed by atoms with Gasteiger partial charge < -0.3 is 9.64 Å². The third kappa shape index (κ3) is 3.71. The highest BCUT2D eigenvalue weighted by atomic mass is 35.5. The predicted octanol–water partition coefficient (Wildman–Crippen LogP) is 5.03. The van der Waals surface area contributed by atoms with Gasteiger partial charge in [-0.15, -0.1) is 0 Å². The summed E-state index contributed by atoms with van der Waals surface area (Å²) in [7, 11) is 0. The first-order chi connectivity index (χ1) is 12.7. The summed E-state index contributed by atoms with van der Waals surface area (Å²) in [5, 5.41) is 1.74. The van der Waals surface area contributed by atoms with Crippen LogP contribution in [0.1, 0.15) is 11.3 Å². The molecule has 0 saturated carbocycles. The van der Waals surface area contributed by atoms with Crippen molar-refractivity contribution in [3.05, 3.63) is 70.6 Å². The summed E-state index contributed by atoms with van der Waals surface area (Å²) in [5.41, 5.74) is 3.79. The molecule has 0 amide bonds. The molecule has 1 aliphatic rings. The number of aromatic nitrogens is 1. The van der Waals surface area contributed by atoms with E-state index in [2.05, 4.69) is 11.0 Å². The molecule has 26 heavy (non-hydrogen) atoms. The number of ether oxygens (including phenoxy) is 1. The third-order valence-corrected chi connectivity index (χ3v) is 4.67. The molecule has 1 aliphatic heterocycles. The molecule has 2 heterocycles. The maximum Gasteiger partial charge on any atom is 0.123 e. The van der Waals surface area contributed by atoms with Crippen LogP contribution in [0.25, 0.3) is 23.1 Å². The number of anilines is 1. The second-order valence-electron chi connectivity index (χ2n) is 6.21. The van der Waals surface area contributed by atoms with Crippen molar-refractivity contribution in [2.45, 2.75) is 0 Å². The zero-order valence-corrected chi connectivity index (χ0v) is 14.9. The van der Waals surface area contributed by atoms with Crippen molar-refractivity contribution in [2.75, 3.05) is 31.2 Å². The number of morpholine rings is 1. The van der Waals surface area contributed by atoms with E-state index in [0.29, 0.717) is 18.2 Å². The molecule has 5 heteroatoms. The Hall–Kier alpha value is -2.43. The smallest absolute Gasteiger partial charge is 0.123 e. The lowest BCUT2D eigenvalue weighted by Gasteiger charge is -2.30. The molecular formula is C21H18ClFN2O. The first-order valence-electron chi connectivity index (χ1n) is 8.56. The number of hydrogen-bond acceptors (Lipinski definition) is 3. The van der Waals surface area contributed by atoms with Crippen molar-refractivity contribution in [2.24, 2.45) is 0 Å². The molecule has 3 aromatic rings. The Balaban J connectivity index is 1.75. The van der Waals surface area contributed by atoms with Crippen LogP contribution in [0.4, 0.5) is 10.1 Å². The Morgan fingerprint density at radius 1 is 1.00 bits per heavy atom. The molecule has 4 rings (SSSR count). The van der Waals surface area contributed by atoms with Gasteiger partial charge in [-0.1, -0.05) is 29.8 Å². The van der Waals surface area contributed by atoms with Crippen molar-refractivity contribution in [3.63, 3.8) is 0 Å². The van der Waals surface area contributed by atoms with Gasteiger partial charge in [-0.25, -0.2) is 9.37 Å². The molecule has 0 atom stereocenters. The van der Waals surface area contributed by atoms with Gasteiger partial charge in [0.25, 0.3) is 0 Å². The molecule has 0 unspecified atom stereocenters.